The number of carbonyl (C=O) groups excluding carboxylic acids is 1. The monoisotopic (exact) mass is 422 g/mol. The second kappa shape index (κ2) is 7.33. The van der Waals surface area contributed by atoms with Crippen LogP contribution in [0.3, 0.4) is 0 Å². The minimum Gasteiger partial charge on any atom is -0.380 e. The minimum atomic E-state index is -0.873. The minimum absolute atomic E-state index is 0.0260. The highest BCUT2D eigenvalue weighted by atomic mass is 32.1. The van der Waals surface area contributed by atoms with Gasteiger partial charge >= 0.3 is 0 Å². The number of rotatable bonds is 6. The number of fused-ring (bicyclic) bond motifs is 1. The van der Waals surface area contributed by atoms with Gasteiger partial charge < -0.3 is 10.4 Å². The van der Waals surface area contributed by atoms with Crippen molar-refractivity contribution in [3.8, 4) is 5.69 Å². The number of nitrogens with zero attached hydrogens (tertiary/aromatic N) is 5. The fraction of sp³-hybridized carbons (Fsp3) is 0.333. The second-order valence-electron chi connectivity index (χ2n) is 7.91. The van der Waals surface area contributed by atoms with Crippen molar-refractivity contribution in [3.05, 3.63) is 59.3 Å². The van der Waals surface area contributed by atoms with Crippen LogP contribution in [0.25, 0.3) is 10.5 Å². The third-order valence-electron chi connectivity index (χ3n) is 5.25. The van der Waals surface area contributed by atoms with Gasteiger partial charge in [0.2, 0.25) is 5.91 Å². The number of amides is 1. The number of anilines is 1. The Morgan fingerprint density at radius 3 is 2.73 bits per heavy atom. The number of benzene rings is 1. The van der Waals surface area contributed by atoms with Crippen LogP contribution < -0.4 is 5.32 Å². The van der Waals surface area contributed by atoms with Crippen LogP contribution in [0.5, 0.6) is 0 Å². The standard InChI is InChI=1S/C21H22N6O2S/c1-12(2)21(29)23-14-5-7-15(8-6-14)27-10-16(24-25-27)19(28)18-20(13-3-4-13)30-17-9-22-11-26(17)18/h5-13,19,28H,3-4H2,1-2H3,(H,23,29). The Hall–Kier alpha value is -3.04. The summed E-state index contributed by atoms with van der Waals surface area (Å²) in [4.78, 5) is 18.3. The van der Waals surface area contributed by atoms with Crippen molar-refractivity contribution in [2.24, 2.45) is 5.92 Å². The molecule has 5 rings (SSSR count). The van der Waals surface area contributed by atoms with Gasteiger partial charge in [-0.05, 0) is 43.0 Å². The van der Waals surface area contributed by atoms with E-state index in [0.29, 0.717) is 11.6 Å². The zero-order chi connectivity index (χ0) is 20.8. The molecule has 1 aliphatic rings. The third kappa shape index (κ3) is 3.40. The van der Waals surface area contributed by atoms with E-state index in [1.54, 1.807) is 28.5 Å². The van der Waals surface area contributed by atoms with Crippen molar-refractivity contribution >= 4 is 27.8 Å². The van der Waals surface area contributed by atoms with Crippen molar-refractivity contribution in [2.75, 3.05) is 5.32 Å². The number of imidazole rings is 1. The van der Waals surface area contributed by atoms with Gasteiger partial charge in [0.15, 0.2) is 0 Å². The van der Waals surface area contributed by atoms with Crippen LogP contribution in [0.15, 0.2) is 43.0 Å². The predicted octanol–water partition coefficient (Wildman–Crippen LogP) is 3.53. The van der Waals surface area contributed by atoms with Crippen LogP contribution >= 0.6 is 11.3 Å². The highest BCUT2D eigenvalue weighted by Crippen LogP contribution is 2.47. The number of hydrogen-bond acceptors (Lipinski definition) is 6. The summed E-state index contributed by atoms with van der Waals surface area (Å²) in [6.45, 7) is 3.71. The molecule has 3 heterocycles. The number of aliphatic hydroxyl groups is 1. The summed E-state index contributed by atoms with van der Waals surface area (Å²) >= 11 is 1.69. The summed E-state index contributed by atoms with van der Waals surface area (Å²) < 4.78 is 3.58. The first-order valence-electron chi connectivity index (χ1n) is 9.97. The van der Waals surface area contributed by atoms with Crippen molar-refractivity contribution in [2.45, 2.75) is 38.7 Å². The number of aromatic nitrogens is 5. The quantitative estimate of drug-likeness (QED) is 0.495. The lowest BCUT2D eigenvalue weighted by atomic mass is 10.1. The Labute approximate surface area is 177 Å². The average molecular weight is 423 g/mol. The average Bonchev–Trinajstić information content (AvgIpc) is 3.14. The summed E-state index contributed by atoms with van der Waals surface area (Å²) in [5, 5.41) is 22.4. The van der Waals surface area contributed by atoms with Crippen LogP contribution in [0.4, 0.5) is 5.69 Å². The number of carbonyl (C=O) groups is 1. The molecule has 0 spiro atoms. The zero-order valence-corrected chi connectivity index (χ0v) is 17.5. The molecule has 9 heteroatoms. The number of nitrogens with one attached hydrogen (secondary N) is 1. The van der Waals surface area contributed by atoms with E-state index in [2.05, 4.69) is 20.6 Å². The van der Waals surface area contributed by atoms with Gasteiger partial charge in [-0.25, -0.2) is 9.67 Å². The van der Waals surface area contributed by atoms with Gasteiger partial charge in [0, 0.05) is 16.5 Å². The molecule has 0 bridgehead atoms. The Morgan fingerprint density at radius 2 is 2.03 bits per heavy atom. The summed E-state index contributed by atoms with van der Waals surface area (Å²) in [6.07, 6.45) is 6.74. The van der Waals surface area contributed by atoms with Gasteiger partial charge in [-0.2, -0.15) is 0 Å². The van der Waals surface area contributed by atoms with Crippen molar-refractivity contribution in [3.63, 3.8) is 0 Å². The molecule has 8 nitrogen and oxygen atoms in total. The summed E-state index contributed by atoms with van der Waals surface area (Å²) in [5.41, 5.74) is 2.85. The van der Waals surface area contributed by atoms with E-state index in [-0.39, 0.29) is 11.8 Å². The number of thiazole rings is 1. The molecule has 2 N–H and O–H groups in total. The molecule has 1 fully saturated rings. The third-order valence-corrected chi connectivity index (χ3v) is 6.53. The van der Waals surface area contributed by atoms with Crippen molar-refractivity contribution in [1.82, 2.24) is 24.4 Å². The molecule has 4 aromatic rings. The highest BCUT2D eigenvalue weighted by Gasteiger charge is 2.33. The Morgan fingerprint density at radius 1 is 1.27 bits per heavy atom. The van der Waals surface area contributed by atoms with Gasteiger partial charge in [-0.1, -0.05) is 19.1 Å². The topological polar surface area (TPSA) is 97.3 Å². The Balaban J connectivity index is 1.40. The maximum absolute atomic E-state index is 11.8. The van der Waals surface area contributed by atoms with E-state index in [9.17, 15) is 9.90 Å². The van der Waals surface area contributed by atoms with Gasteiger partial charge in [-0.3, -0.25) is 9.20 Å². The molecule has 0 aliphatic heterocycles. The van der Waals surface area contributed by atoms with Crippen LogP contribution in [-0.4, -0.2) is 35.4 Å². The molecule has 0 radical (unpaired) electrons. The van der Waals surface area contributed by atoms with Gasteiger partial charge in [-0.15, -0.1) is 16.4 Å². The largest absolute Gasteiger partial charge is 0.380 e. The SMILES string of the molecule is CC(C)C(=O)Nc1ccc(-n2cc(C(O)c3c(C4CC4)sc4cncn34)nn2)cc1. The lowest BCUT2D eigenvalue weighted by Gasteiger charge is -2.09. The van der Waals surface area contributed by atoms with Crippen LogP contribution in [0.2, 0.25) is 0 Å². The molecule has 1 aliphatic carbocycles. The predicted molar refractivity (Wildman–Crippen MR) is 114 cm³/mol. The fourth-order valence-electron chi connectivity index (χ4n) is 3.38. The molecule has 0 saturated heterocycles. The Bertz CT molecular complexity index is 1200. The first kappa shape index (κ1) is 19.0. The lowest BCUT2D eigenvalue weighted by Crippen LogP contribution is -2.17. The molecule has 154 valence electrons. The molecule has 1 atom stereocenters. The van der Waals surface area contributed by atoms with Crippen LogP contribution in [0, 0.1) is 5.92 Å². The smallest absolute Gasteiger partial charge is 0.226 e. The normalized spacial score (nSPS) is 15.1. The van der Waals surface area contributed by atoms with Crippen LogP contribution in [0.1, 0.15) is 55.0 Å². The lowest BCUT2D eigenvalue weighted by molar-refractivity contribution is -0.118. The molecule has 1 saturated carbocycles. The first-order chi connectivity index (χ1) is 14.5. The van der Waals surface area contributed by atoms with Gasteiger partial charge in [0.25, 0.3) is 0 Å². The van der Waals surface area contributed by atoms with Crippen LogP contribution in [-0.2, 0) is 4.79 Å². The van der Waals surface area contributed by atoms with E-state index in [4.69, 9.17) is 0 Å². The van der Waals surface area contributed by atoms with E-state index in [1.165, 1.54) is 4.88 Å². The molecular formula is C21H22N6O2S. The maximum atomic E-state index is 11.8. The zero-order valence-electron chi connectivity index (χ0n) is 16.7. The van der Waals surface area contributed by atoms with E-state index < -0.39 is 6.10 Å². The van der Waals surface area contributed by atoms with Crippen molar-refractivity contribution in [1.29, 1.82) is 0 Å². The second-order valence-corrected chi connectivity index (χ2v) is 8.97. The molecular weight excluding hydrogens is 400 g/mol. The van der Waals surface area contributed by atoms with Gasteiger partial charge in [0.05, 0.1) is 23.8 Å². The number of aliphatic hydroxyl groups excluding tert-OH is 1. The summed E-state index contributed by atoms with van der Waals surface area (Å²) in [7, 11) is 0. The van der Waals surface area contributed by atoms with E-state index in [1.807, 2.05) is 48.7 Å². The molecule has 30 heavy (non-hydrogen) atoms. The Kier molecular flexibility index (Phi) is 4.63. The fourth-order valence-corrected chi connectivity index (χ4v) is 4.68. The molecule has 1 amide bonds. The van der Waals surface area contributed by atoms with E-state index >= 15 is 0 Å². The maximum Gasteiger partial charge on any atom is 0.226 e. The first-order valence-corrected chi connectivity index (χ1v) is 10.8. The van der Waals surface area contributed by atoms with Gasteiger partial charge in [0.1, 0.15) is 23.0 Å². The summed E-state index contributed by atoms with van der Waals surface area (Å²) in [6, 6.07) is 7.36. The number of hydrogen-bond donors (Lipinski definition) is 2. The molecule has 1 unspecified atom stereocenters. The molecule has 3 aromatic heterocycles. The summed E-state index contributed by atoms with van der Waals surface area (Å²) in [5.74, 6) is 0.411. The van der Waals surface area contributed by atoms with E-state index in [0.717, 1.165) is 34.7 Å². The highest BCUT2D eigenvalue weighted by molar-refractivity contribution is 7.17. The van der Waals surface area contributed by atoms with Crippen molar-refractivity contribution < 1.29 is 9.90 Å². The molecule has 1 aromatic carbocycles.